The van der Waals surface area contributed by atoms with Crippen molar-refractivity contribution in [1.82, 2.24) is 29.4 Å². The Morgan fingerprint density at radius 2 is 1.79 bits per heavy atom. The summed E-state index contributed by atoms with van der Waals surface area (Å²) in [7, 11) is 4.44. The number of likely N-dealkylation sites (tertiary alicyclic amines) is 1. The molecule has 11 heteroatoms. The van der Waals surface area contributed by atoms with Crippen molar-refractivity contribution in [1.29, 1.82) is 0 Å². The molecule has 6 rings (SSSR count). The molecule has 0 spiro atoms. The van der Waals surface area contributed by atoms with Crippen LogP contribution in [0.4, 0.5) is 5.82 Å². The van der Waals surface area contributed by atoms with Gasteiger partial charge in [-0.05, 0) is 44.6 Å². The minimum Gasteiger partial charge on any atom is -0.473 e. The van der Waals surface area contributed by atoms with Crippen LogP contribution in [0.25, 0.3) is 22.2 Å². The lowest BCUT2D eigenvalue weighted by Gasteiger charge is -2.29. The van der Waals surface area contributed by atoms with Crippen molar-refractivity contribution in [2.75, 3.05) is 39.2 Å². The van der Waals surface area contributed by atoms with Crippen LogP contribution in [-0.4, -0.2) is 80.6 Å². The van der Waals surface area contributed by atoms with Crippen LogP contribution < -0.4 is 15.6 Å². The number of aromatic nitrogens is 5. The zero-order valence-corrected chi connectivity index (χ0v) is 25.6. The van der Waals surface area contributed by atoms with E-state index in [1.54, 1.807) is 20.2 Å². The molecule has 1 aliphatic heterocycles. The van der Waals surface area contributed by atoms with E-state index in [1.165, 1.54) is 16.3 Å². The number of rotatable bonds is 9. The highest BCUT2D eigenvalue weighted by molar-refractivity contribution is 5.94. The highest BCUT2D eigenvalue weighted by Gasteiger charge is 2.27. The van der Waals surface area contributed by atoms with Crippen molar-refractivity contribution in [2.24, 2.45) is 7.05 Å². The smallest absolute Gasteiger partial charge is 0.266 e. The first-order valence-electron chi connectivity index (χ1n) is 15.1. The second-order valence-electron chi connectivity index (χ2n) is 11.2. The molecule has 0 bridgehead atoms. The number of nitrogens with zero attached hydrogens (tertiary/aromatic N) is 6. The number of benzene rings is 1. The molecule has 1 saturated carbocycles. The average molecular weight is 592 g/mol. The second kappa shape index (κ2) is 14.1. The SMILES string of the molecule is CCNc1cc2c(cn1)c(-c1ccc(CN3CC[C@H](OC)C3)cc1)nn2C1CCC(Oc2ccc(=O)n(C)n2)CC1.CO.[HH]. The molecule has 0 radical (unpaired) electrons. The largest absolute Gasteiger partial charge is 0.473 e. The molecule has 1 aromatic carbocycles. The van der Waals surface area contributed by atoms with Gasteiger partial charge >= 0.3 is 0 Å². The third-order valence-electron chi connectivity index (χ3n) is 8.36. The van der Waals surface area contributed by atoms with E-state index in [4.69, 9.17) is 19.7 Å². The van der Waals surface area contributed by atoms with Gasteiger partial charge in [0.25, 0.3) is 5.56 Å². The molecule has 232 valence electrons. The third kappa shape index (κ3) is 7.06. The molecule has 1 atom stereocenters. The van der Waals surface area contributed by atoms with Crippen molar-refractivity contribution in [3.8, 4) is 17.1 Å². The van der Waals surface area contributed by atoms with Gasteiger partial charge in [0.2, 0.25) is 5.88 Å². The number of ether oxygens (including phenoxy) is 2. The molecule has 3 aromatic heterocycles. The fraction of sp³-hybridized carbons (Fsp3) is 0.500. The molecule has 2 aliphatic rings. The zero-order chi connectivity index (χ0) is 30.3. The summed E-state index contributed by atoms with van der Waals surface area (Å²) in [6, 6.07) is 14.4. The summed E-state index contributed by atoms with van der Waals surface area (Å²) < 4.78 is 15.2. The Labute approximate surface area is 253 Å². The summed E-state index contributed by atoms with van der Waals surface area (Å²) >= 11 is 0. The van der Waals surface area contributed by atoms with Crippen molar-refractivity contribution in [3.63, 3.8) is 0 Å². The van der Waals surface area contributed by atoms with Crippen LogP contribution in [0.3, 0.4) is 0 Å². The van der Waals surface area contributed by atoms with E-state index in [9.17, 15) is 4.79 Å². The summed E-state index contributed by atoms with van der Waals surface area (Å²) in [6.45, 7) is 5.88. The summed E-state index contributed by atoms with van der Waals surface area (Å²) in [5.41, 5.74) is 4.32. The Morgan fingerprint density at radius 1 is 1.02 bits per heavy atom. The summed E-state index contributed by atoms with van der Waals surface area (Å²) in [4.78, 5) is 18.8. The number of fused-ring (bicyclic) bond motifs is 1. The summed E-state index contributed by atoms with van der Waals surface area (Å²) in [5, 5.41) is 20.9. The monoisotopic (exact) mass is 591 g/mol. The van der Waals surface area contributed by atoms with E-state index in [0.717, 1.165) is 93.4 Å². The van der Waals surface area contributed by atoms with Crippen LogP contribution >= 0.6 is 0 Å². The first kappa shape index (κ1) is 30.7. The van der Waals surface area contributed by atoms with Gasteiger partial charge in [-0.25, -0.2) is 9.67 Å². The number of hydrogen-bond acceptors (Lipinski definition) is 9. The van der Waals surface area contributed by atoms with Crippen LogP contribution in [0.1, 0.15) is 52.1 Å². The molecule has 1 aliphatic carbocycles. The number of anilines is 1. The van der Waals surface area contributed by atoms with E-state index in [0.29, 0.717) is 12.0 Å². The highest BCUT2D eigenvalue weighted by Crippen LogP contribution is 2.36. The molecule has 0 unspecified atom stereocenters. The maximum atomic E-state index is 11.7. The topological polar surface area (TPSA) is 120 Å². The van der Waals surface area contributed by atoms with Crippen molar-refractivity contribution < 1.29 is 16.0 Å². The number of aliphatic hydroxyl groups excluding tert-OH is 1. The predicted molar refractivity (Wildman–Crippen MR) is 169 cm³/mol. The van der Waals surface area contributed by atoms with E-state index >= 15 is 0 Å². The van der Waals surface area contributed by atoms with Gasteiger partial charge in [0.05, 0.1) is 17.7 Å². The number of methoxy groups -OCH3 is 1. The Hall–Kier alpha value is -3.80. The number of aliphatic hydroxyl groups is 1. The Kier molecular flexibility index (Phi) is 10.1. The predicted octanol–water partition coefficient (Wildman–Crippen LogP) is 4.26. The lowest BCUT2D eigenvalue weighted by atomic mass is 9.93. The molecule has 4 heterocycles. The normalized spacial score (nSPS) is 20.5. The third-order valence-corrected chi connectivity index (χ3v) is 8.36. The Balaban J connectivity index is 0.00000144. The first-order chi connectivity index (χ1) is 21.0. The first-order valence-corrected chi connectivity index (χ1v) is 15.1. The number of pyridine rings is 1. The van der Waals surface area contributed by atoms with Crippen LogP contribution in [0.5, 0.6) is 5.88 Å². The highest BCUT2D eigenvalue weighted by atomic mass is 16.5. The number of hydrogen-bond donors (Lipinski definition) is 2. The van der Waals surface area contributed by atoms with Gasteiger partial charge in [0, 0.05) is 84.2 Å². The van der Waals surface area contributed by atoms with Crippen LogP contribution in [-0.2, 0) is 18.3 Å². The summed E-state index contributed by atoms with van der Waals surface area (Å²) in [5.74, 6) is 1.36. The standard InChI is InChI=1S/C31H39N7O3.CH4O.H2/c1-4-32-28-17-27-26(18-33-28)31(22-7-5-21(6-8-22)19-37-16-15-25(20-37)40-3)35-38(27)23-9-11-24(12-10-23)41-29-13-14-30(39)36(2)34-29;1-2;/h5-8,13-14,17-18,23-25H,4,9-12,15-16,19-20H2,1-3H3,(H,32,33);2H,1H3;1H/t23?,24?,25-;;/m0../s1. The minimum atomic E-state index is -0.143. The molecule has 11 nitrogen and oxygen atoms in total. The van der Waals surface area contributed by atoms with Crippen molar-refractivity contribution >= 4 is 16.7 Å². The molecule has 2 fully saturated rings. The van der Waals surface area contributed by atoms with Crippen molar-refractivity contribution in [2.45, 2.75) is 63.8 Å². The number of nitrogens with one attached hydrogen (secondary N) is 1. The minimum absolute atomic E-state index is 0. The van der Waals surface area contributed by atoms with E-state index in [-0.39, 0.29) is 19.1 Å². The number of aryl methyl sites for hydroxylation is 1. The van der Waals surface area contributed by atoms with Gasteiger partial charge in [0.15, 0.2) is 0 Å². The Bertz CT molecular complexity index is 1550. The van der Waals surface area contributed by atoms with Crippen LogP contribution in [0.15, 0.2) is 53.5 Å². The quantitative estimate of drug-likeness (QED) is 0.294. The molecule has 1 saturated heterocycles. The molecule has 0 amide bonds. The van der Waals surface area contributed by atoms with Crippen LogP contribution in [0.2, 0.25) is 0 Å². The maximum absolute atomic E-state index is 11.7. The van der Waals surface area contributed by atoms with Gasteiger partial charge in [-0.15, -0.1) is 5.10 Å². The van der Waals surface area contributed by atoms with Crippen LogP contribution in [0, 0.1) is 0 Å². The fourth-order valence-electron chi connectivity index (χ4n) is 6.08. The van der Waals surface area contributed by atoms with Gasteiger partial charge in [-0.1, -0.05) is 24.3 Å². The molecule has 4 aromatic rings. The Morgan fingerprint density at radius 3 is 2.47 bits per heavy atom. The van der Waals surface area contributed by atoms with Gasteiger partial charge in [-0.2, -0.15) is 5.10 Å². The zero-order valence-electron chi connectivity index (χ0n) is 25.6. The van der Waals surface area contributed by atoms with E-state index < -0.39 is 0 Å². The molecule has 43 heavy (non-hydrogen) atoms. The maximum Gasteiger partial charge on any atom is 0.266 e. The van der Waals surface area contributed by atoms with E-state index in [1.807, 2.05) is 6.20 Å². The second-order valence-corrected chi connectivity index (χ2v) is 11.2. The molecular weight excluding hydrogens is 546 g/mol. The van der Waals surface area contributed by atoms with Crippen molar-refractivity contribution in [3.05, 3.63) is 64.6 Å². The lowest BCUT2D eigenvalue weighted by molar-refractivity contribution is 0.107. The molecular formula is C32H45N7O4. The van der Waals surface area contributed by atoms with Gasteiger partial charge in [-0.3, -0.25) is 14.4 Å². The average Bonchev–Trinajstić information content (AvgIpc) is 3.65. The lowest BCUT2D eigenvalue weighted by Crippen LogP contribution is -2.27. The van der Waals surface area contributed by atoms with Gasteiger partial charge in [0.1, 0.15) is 17.6 Å². The molecule has 2 N–H and O–H groups in total. The summed E-state index contributed by atoms with van der Waals surface area (Å²) in [6.07, 6.45) is 7.15. The fourth-order valence-corrected chi connectivity index (χ4v) is 6.08. The van der Waals surface area contributed by atoms with Gasteiger partial charge < -0.3 is 19.9 Å². The van der Waals surface area contributed by atoms with E-state index in [2.05, 4.69) is 62.2 Å².